The number of nitrogens with zero attached hydrogens (tertiary/aromatic N) is 4. The second kappa shape index (κ2) is 7.41. The Morgan fingerprint density at radius 3 is 2.61 bits per heavy atom. The van der Waals surface area contributed by atoms with Crippen molar-refractivity contribution in [2.24, 2.45) is 0 Å². The van der Waals surface area contributed by atoms with E-state index >= 15 is 0 Å². The van der Waals surface area contributed by atoms with Crippen LogP contribution in [0.2, 0.25) is 0 Å². The lowest BCUT2D eigenvalue weighted by Crippen LogP contribution is -1.94. The minimum atomic E-state index is 0.748. The van der Waals surface area contributed by atoms with E-state index in [4.69, 9.17) is 14.2 Å². The molecule has 0 saturated carbocycles. The van der Waals surface area contributed by atoms with Crippen molar-refractivity contribution in [3.63, 3.8) is 0 Å². The molecule has 7 heteroatoms. The smallest absolute Gasteiger partial charge is 0.142 e. The molecular formula is C26H21N5O2. The van der Waals surface area contributed by atoms with Gasteiger partial charge in [-0.2, -0.15) is 0 Å². The molecule has 162 valence electrons. The lowest BCUT2D eigenvalue weighted by Gasteiger charge is -2.11. The van der Waals surface area contributed by atoms with Crippen molar-refractivity contribution >= 4 is 33.1 Å². The molecule has 7 nitrogen and oxygen atoms in total. The number of fused-ring (bicyclic) bond motifs is 3. The van der Waals surface area contributed by atoms with E-state index in [1.807, 2.05) is 44.4 Å². The average Bonchev–Trinajstić information content (AvgIpc) is 3.55. The molecule has 33 heavy (non-hydrogen) atoms. The molecule has 1 aliphatic carbocycles. The first-order valence-corrected chi connectivity index (χ1v) is 10.7. The molecule has 0 amide bonds. The normalized spacial score (nSPS) is 13.5. The number of aryl methyl sites for hydroxylation is 2. The number of allylic oxidation sites excluding steroid dienone is 4. The van der Waals surface area contributed by atoms with E-state index in [-0.39, 0.29) is 0 Å². The highest BCUT2D eigenvalue weighted by Crippen LogP contribution is 2.43. The zero-order chi connectivity index (χ0) is 22.5. The number of pyridine rings is 1. The second-order valence-electron chi connectivity index (χ2n) is 8.08. The molecule has 0 bridgehead atoms. The molecule has 0 unspecified atom stereocenters. The number of hydrogen-bond acceptors (Lipinski definition) is 6. The topological polar surface area (TPSA) is 89.7 Å². The number of H-pyrrole nitrogens is 1. The van der Waals surface area contributed by atoms with E-state index < -0.39 is 0 Å². The van der Waals surface area contributed by atoms with Gasteiger partial charge < -0.3 is 14.2 Å². The highest BCUT2D eigenvalue weighted by Gasteiger charge is 2.23. The first kappa shape index (κ1) is 19.4. The Hall–Kier alpha value is -4.26. The minimum Gasteiger partial charge on any atom is -0.496 e. The Kier molecular flexibility index (Phi) is 4.36. The van der Waals surface area contributed by atoms with Crippen LogP contribution >= 0.6 is 0 Å². The Morgan fingerprint density at radius 2 is 1.85 bits per heavy atom. The van der Waals surface area contributed by atoms with E-state index in [9.17, 15) is 0 Å². The molecule has 4 heterocycles. The first-order valence-electron chi connectivity index (χ1n) is 10.7. The minimum absolute atomic E-state index is 0.748. The van der Waals surface area contributed by atoms with Crippen LogP contribution in [0.3, 0.4) is 0 Å². The van der Waals surface area contributed by atoms with Crippen LogP contribution in [0, 0.1) is 13.8 Å². The standard InChI is InChI=1S/C26H21N5O2/c1-14-23(15(2)33-31-14)20-11-21-19(12-22(20)32-3)24-25(28-13-29-26(24)30-21)18-6-4-5-17(18)16-7-9-27-10-8-16/h5-13H,4H2,1-3H3,(H,28,29,30). The zero-order valence-electron chi connectivity index (χ0n) is 18.5. The molecule has 0 saturated heterocycles. The summed E-state index contributed by atoms with van der Waals surface area (Å²) in [5.74, 6) is 1.50. The molecule has 0 fully saturated rings. The maximum Gasteiger partial charge on any atom is 0.142 e. The summed E-state index contributed by atoms with van der Waals surface area (Å²) >= 11 is 0. The van der Waals surface area contributed by atoms with E-state index in [0.29, 0.717) is 0 Å². The number of hydrogen-bond donors (Lipinski definition) is 1. The van der Waals surface area contributed by atoms with Gasteiger partial charge in [0.05, 0.1) is 29.4 Å². The summed E-state index contributed by atoms with van der Waals surface area (Å²) in [5, 5.41) is 6.10. The highest BCUT2D eigenvalue weighted by atomic mass is 16.5. The van der Waals surface area contributed by atoms with Crippen molar-refractivity contribution in [3.8, 4) is 16.9 Å². The van der Waals surface area contributed by atoms with Crippen LogP contribution in [0.15, 0.2) is 59.7 Å². The van der Waals surface area contributed by atoms with Gasteiger partial charge in [-0.3, -0.25) is 4.98 Å². The Balaban J connectivity index is 1.59. The Labute approximate surface area is 189 Å². The predicted molar refractivity (Wildman–Crippen MR) is 128 cm³/mol. The fraction of sp³-hybridized carbons (Fsp3) is 0.154. The Morgan fingerprint density at radius 1 is 1.03 bits per heavy atom. The van der Waals surface area contributed by atoms with Crippen LogP contribution in [-0.4, -0.2) is 32.2 Å². The zero-order valence-corrected chi connectivity index (χ0v) is 18.5. The van der Waals surface area contributed by atoms with E-state index in [1.165, 1.54) is 0 Å². The highest BCUT2D eigenvalue weighted by molar-refractivity contribution is 6.17. The van der Waals surface area contributed by atoms with Crippen LogP contribution in [0.25, 0.3) is 44.2 Å². The van der Waals surface area contributed by atoms with Crippen LogP contribution in [0.5, 0.6) is 5.75 Å². The molecule has 1 N–H and O–H groups in total. The van der Waals surface area contributed by atoms with Crippen LogP contribution in [0.1, 0.15) is 29.1 Å². The summed E-state index contributed by atoms with van der Waals surface area (Å²) in [6.45, 7) is 3.84. The third kappa shape index (κ3) is 2.96. The summed E-state index contributed by atoms with van der Waals surface area (Å²) in [6, 6.07) is 8.18. The molecule has 0 spiro atoms. The maximum atomic E-state index is 5.80. The summed E-state index contributed by atoms with van der Waals surface area (Å²) in [4.78, 5) is 16.9. The molecule has 1 aliphatic rings. The van der Waals surface area contributed by atoms with Crippen LogP contribution < -0.4 is 4.74 Å². The van der Waals surface area contributed by atoms with Crippen molar-refractivity contribution in [2.75, 3.05) is 7.11 Å². The maximum absolute atomic E-state index is 5.80. The number of aromatic nitrogens is 5. The molecule has 1 aromatic carbocycles. The molecular weight excluding hydrogens is 414 g/mol. The van der Waals surface area contributed by atoms with E-state index in [2.05, 4.69) is 38.3 Å². The summed E-state index contributed by atoms with van der Waals surface area (Å²) in [7, 11) is 1.68. The summed E-state index contributed by atoms with van der Waals surface area (Å²) < 4.78 is 11.2. The number of benzene rings is 1. The van der Waals surface area contributed by atoms with Gasteiger partial charge in [0.1, 0.15) is 23.5 Å². The SMILES string of the molecule is COc1cc2c(cc1-c1c(C)noc1C)[nH]c1ncnc(C3=CCC=C3c3ccncc3)c12. The summed E-state index contributed by atoms with van der Waals surface area (Å²) in [6.07, 6.45) is 10.5. The monoisotopic (exact) mass is 435 g/mol. The number of nitrogens with one attached hydrogen (secondary N) is 1. The second-order valence-corrected chi connectivity index (χ2v) is 8.08. The predicted octanol–water partition coefficient (Wildman–Crippen LogP) is 5.66. The van der Waals surface area contributed by atoms with Gasteiger partial charge in [-0.05, 0) is 55.7 Å². The van der Waals surface area contributed by atoms with Crippen molar-refractivity contribution in [3.05, 3.63) is 77.9 Å². The average molecular weight is 435 g/mol. The van der Waals surface area contributed by atoms with Gasteiger partial charge in [-0.15, -0.1) is 0 Å². The Bertz CT molecular complexity index is 1570. The van der Waals surface area contributed by atoms with E-state index in [1.54, 1.807) is 13.4 Å². The van der Waals surface area contributed by atoms with Gasteiger partial charge in [0.2, 0.25) is 0 Å². The molecule has 0 aliphatic heterocycles. The molecule has 5 aromatic rings. The van der Waals surface area contributed by atoms with Gasteiger partial charge in [-0.1, -0.05) is 17.3 Å². The van der Waals surface area contributed by atoms with Crippen LogP contribution in [-0.2, 0) is 0 Å². The van der Waals surface area contributed by atoms with Gasteiger partial charge >= 0.3 is 0 Å². The molecule has 0 atom stereocenters. The van der Waals surface area contributed by atoms with Gasteiger partial charge in [0.25, 0.3) is 0 Å². The molecule has 4 aromatic heterocycles. The fourth-order valence-electron chi connectivity index (χ4n) is 4.73. The lowest BCUT2D eigenvalue weighted by molar-refractivity contribution is 0.393. The third-order valence-corrected chi connectivity index (χ3v) is 6.19. The van der Waals surface area contributed by atoms with Crippen molar-refractivity contribution in [2.45, 2.75) is 20.3 Å². The quantitative estimate of drug-likeness (QED) is 0.392. The largest absolute Gasteiger partial charge is 0.496 e. The lowest BCUT2D eigenvalue weighted by atomic mass is 9.96. The van der Waals surface area contributed by atoms with Crippen LogP contribution in [0.4, 0.5) is 0 Å². The van der Waals surface area contributed by atoms with E-state index in [0.717, 1.165) is 79.1 Å². The van der Waals surface area contributed by atoms with Crippen molar-refractivity contribution in [1.29, 1.82) is 0 Å². The van der Waals surface area contributed by atoms with Crippen molar-refractivity contribution in [1.82, 2.24) is 25.1 Å². The third-order valence-electron chi connectivity index (χ3n) is 6.19. The number of aromatic amines is 1. The first-order chi connectivity index (χ1) is 16.2. The summed E-state index contributed by atoms with van der Waals surface area (Å²) in [5.41, 5.74) is 8.72. The van der Waals surface area contributed by atoms with Gasteiger partial charge in [0.15, 0.2) is 0 Å². The van der Waals surface area contributed by atoms with Crippen molar-refractivity contribution < 1.29 is 9.26 Å². The molecule has 6 rings (SSSR count). The fourth-order valence-corrected chi connectivity index (χ4v) is 4.73. The number of rotatable bonds is 4. The number of methoxy groups -OCH3 is 1. The number of ether oxygens (including phenoxy) is 1. The molecule has 0 radical (unpaired) electrons. The van der Waals surface area contributed by atoms with Gasteiger partial charge in [0, 0.05) is 34.4 Å². The van der Waals surface area contributed by atoms with Gasteiger partial charge in [-0.25, -0.2) is 9.97 Å².